The standard InChI is InChI=1S/C27H34BrNO14S/c1-36-23-19(32)16(41-26(20(23)33)43-22-17-9-38-24(22)21(34)25(37-2)42-17)8-39-27(35)29-3-4-44-10-11-5-18(31)40-15-7-14(30)13(28)6-12(11)15/h5-7,16-17,19-26,30,32-34H,3-4,8-10H2,1-2H3,(H,29,35)/t16?,17?,19?,20-,21?,22+,23-,24-,25?,26?/m0/s1. The summed E-state index contributed by atoms with van der Waals surface area (Å²) in [5.74, 6) is 0.885. The van der Waals surface area contributed by atoms with E-state index in [2.05, 4.69) is 21.2 Å². The van der Waals surface area contributed by atoms with E-state index in [0.29, 0.717) is 26.9 Å². The first-order chi connectivity index (χ1) is 21.1. The lowest BCUT2D eigenvalue weighted by Gasteiger charge is -2.44. The Morgan fingerprint density at radius 2 is 1.86 bits per heavy atom. The number of aliphatic hydroxyl groups is 3. The van der Waals surface area contributed by atoms with E-state index >= 15 is 0 Å². The fourth-order valence-corrected chi connectivity index (χ4v) is 6.53. The lowest BCUT2D eigenvalue weighted by Crippen LogP contribution is -2.63. The molecule has 3 fully saturated rings. The molecule has 0 saturated carbocycles. The Morgan fingerprint density at radius 3 is 2.61 bits per heavy atom. The summed E-state index contributed by atoms with van der Waals surface area (Å²) in [7, 11) is 2.70. The molecule has 10 atom stereocenters. The van der Waals surface area contributed by atoms with Crippen molar-refractivity contribution < 1.29 is 62.8 Å². The fraction of sp³-hybridized carbons (Fsp3) is 0.630. The van der Waals surface area contributed by atoms with Crippen LogP contribution in [0.25, 0.3) is 11.0 Å². The molecule has 5 N–H and O–H groups in total. The first kappa shape index (κ1) is 33.3. The monoisotopic (exact) mass is 707 g/mol. The number of halogens is 1. The van der Waals surface area contributed by atoms with Gasteiger partial charge in [-0.05, 0) is 27.6 Å². The maximum absolute atomic E-state index is 12.4. The number of methoxy groups -OCH3 is 2. The highest BCUT2D eigenvalue weighted by atomic mass is 79.9. The molecule has 2 bridgehead atoms. The Balaban J connectivity index is 1.09. The summed E-state index contributed by atoms with van der Waals surface area (Å²) in [6.07, 6.45) is -11.3. The maximum atomic E-state index is 12.4. The van der Waals surface area contributed by atoms with Crippen molar-refractivity contribution in [3.63, 3.8) is 0 Å². The Morgan fingerprint density at radius 1 is 1.07 bits per heavy atom. The van der Waals surface area contributed by atoms with Crippen LogP contribution in [0.1, 0.15) is 5.56 Å². The van der Waals surface area contributed by atoms with Gasteiger partial charge >= 0.3 is 11.7 Å². The van der Waals surface area contributed by atoms with Crippen LogP contribution >= 0.6 is 27.7 Å². The molecule has 5 rings (SSSR count). The van der Waals surface area contributed by atoms with E-state index in [1.807, 2.05) is 0 Å². The predicted molar refractivity (Wildman–Crippen MR) is 155 cm³/mol. The third kappa shape index (κ3) is 7.18. The quantitative estimate of drug-likeness (QED) is 0.156. The molecule has 3 saturated heterocycles. The smallest absolute Gasteiger partial charge is 0.407 e. The summed E-state index contributed by atoms with van der Waals surface area (Å²) in [6.45, 7) is -0.00300. The summed E-state index contributed by atoms with van der Waals surface area (Å²) in [5, 5.41) is 45.1. The second-order valence-electron chi connectivity index (χ2n) is 10.4. The van der Waals surface area contributed by atoms with Crippen LogP contribution in [0.4, 0.5) is 4.79 Å². The highest BCUT2D eigenvalue weighted by molar-refractivity contribution is 9.10. The largest absolute Gasteiger partial charge is 0.507 e. The number of aliphatic hydroxyl groups excluding tert-OH is 3. The second kappa shape index (κ2) is 14.6. The van der Waals surface area contributed by atoms with Crippen molar-refractivity contribution in [2.45, 2.75) is 67.2 Å². The Bertz CT molecular complexity index is 1360. The summed E-state index contributed by atoms with van der Waals surface area (Å²) < 4.78 is 44.3. The molecule has 3 aliphatic rings. The van der Waals surface area contributed by atoms with Crippen molar-refractivity contribution in [3.8, 4) is 5.75 Å². The number of ether oxygens (including phenoxy) is 7. The summed E-state index contributed by atoms with van der Waals surface area (Å²) in [6, 6.07) is 4.42. The van der Waals surface area contributed by atoms with E-state index in [0.717, 1.165) is 0 Å². The summed E-state index contributed by atoms with van der Waals surface area (Å²) >= 11 is 4.72. The zero-order valence-corrected chi connectivity index (χ0v) is 26.1. The Kier molecular flexibility index (Phi) is 11.1. The van der Waals surface area contributed by atoms with E-state index in [1.165, 1.54) is 38.1 Å². The SMILES string of the molecule is COC1OC2CO[C@@H](C1O)[C@@H]2OC1OC(COC(=O)NCCSCc2cc(=O)oc3cc(O)c(Br)cc23)C(O)[C@H](OC)[C@@H]1O. The van der Waals surface area contributed by atoms with Gasteiger partial charge in [0.1, 0.15) is 66.8 Å². The van der Waals surface area contributed by atoms with E-state index in [9.17, 15) is 30.0 Å². The minimum Gasteiger partial charge on any atom is -0.507 e. The molecule has 2 aromatic rings. The van der Waals surface area contributed by atoms with E-state index in [1.54, 1.807) is 6.07 Å². The van der Waals surface area contributed by atoms with Gasteiger partial charge in [0.2, 0.25) is 0 Å². The van der Waals surface area contributed by atoms with Gasteiger partial charge in [-0.1, -0.05) is 0 Å². The zero-order valence-electron chi connectivity index (χ0n) is 23.7. The van der Waals surface area contributed by atoms with Crippen LogP contribution in [-0.4, -0.2) is 128 Å². The van der Waals surface area contributed by atoms with Crippen LogP contribution in [0, 0.1) is 0 Å². The molecule has 1 aromatic heterocycles. The highest BCUT2D eigenvalue weighted by Crippen LogP contribution is 2.35. The van der Waals surface area contributed by atoms with Gasteiger partial charge in [-0.25, -0.2) is 9.59 Å². The summed E-state index contributed by atoms with van der Waals surface area (Å²) in [5.41, 5.74) is 0.445. The van der Waals surface area contributed by atoms with Gasteiger partial charge in [0, 0.05) is 49.8 Å². The lowest BCUT2D eigenvalue weighted by atomic mass is 9.98. The topological polar surface area (TPSA) is 205 Å². The van der Waals surface area contributed by atoms with Crippen molar-refractivity contribution in [3.05, 3.63) is 38.7 Å². The molecule has 0 aliphatic carbocycles. The van der Waals surface area contributed by atoms with Gasteiger partial charge < -0.3 is 63.3 Å². The molecule has 1 amide bonds. The first-order valence-corrected chi connectivity index (χ1v) is 15.7. The fourth-order valence-electron chi connectivity index (χ4n) is 5.34. The molecule has 6 unspecified atom stereocenters. The van der Waals surface area contributed by atoms with Gasteiger partial charge in [0.15, 0.2) is 12.6 Å². The minimum absolute atomic E-state index is 0.0444. The predicted octanol–water partition coefficient (Wildman–Crippen LogP) is 0.198. The number of amides is 1. The molecular weight excluding hydrogens is 674 g/mol. The molecule has 4 heterocycles. The first-order valence-electron chi connectivity index (χ1n) is 13.7. The number of rotatable bonds is 11. The van der Waals surface area contributed by atoms with Crippen LogP contribution in [0.15, 0.2) is 31.9 Å². The summed E-state index contributed by atoms with van der Waals surface area (Å²) in [4.78, 5) is 24.3. The highest BCUT2D eigenvalue weighted by Gasteiger charge is 2.55. The third-order valence-electron chi connectivity index (χ3n) is 7.55. The van der Waals surface area contributed by atoms with E-state index < -0.39 is 73.1 Å². The molecule has 17 heteroatoms. The number of hydrogen-bond acceptors (Lipinski definition) is 15. The van der Waals surface area contributed by atoms with Crippen molar-refractivity contribution in [2.24, 2.45) is 0 Å². The van der Waals surface area contributed by atoms with Crippen LogP contribution in [0.3, 0.4) is 0 Å². The number of alkyl carbamates (subject to hydrolysis) is 1. The average molecular weight is 709 g/mol. The molecule has 3 aliphatic heterocycles. The maximum Gasteiger partial charge on any atom is 0.407 e. The number of carbonyl (C=O) groups excluding carboxylic acids is 1. The second-order valence-corrected chi connectivity index (χ2v) is 12.3. The van der Waals surface area contributed by atoms with Crippen molar-refractivity contribution in [1.82, 2.24) is 5.32 Å². The van der Waals surface area contributed by atoms with Crippen LogP contribution in [-0.2, 0) is 38.9 Å². The number of hydrogen-bond donors (Lipinski definition) is 5. The molecule has 0 radical (unpaired) electrons. The van der Waals surface area contributed by atoms with Crippen LogP contribution in [0.5, 0.6) is 5.75 Å². The number of nitrogens with one attached hydrogen (secondary N) is 1. The minimum atomic E-state index is -1.41. The number of aromatic hydroxyl groups is 1. The molecule has 244 valence electrons. The molecule has 0 spiro atoms. The zero-order chi connectivity index (χ0) is 31.5. The van der Waals surface area contributed by atoms with Gasteiger partial charge in [-0.2, -0.15) is 11.8 Å². The van der Waals surface area contributed by atoms with E-state index in [-0.39, 0.29) is 31.1 Å². The molecule has 15 nitrogen and oxygen atoms in total. The molecular formula is C27H34BrNO14S. The van der Waals surface area contributed by atoms with Crippen molar-refractivity contribution in [1.29, 1.82) is 0 Å². The third-order valence-corrected chi connectivity index (χ3v) is 9.20. The van der Waals surface area contributed by atoms with Crippen molar-refractivity contribution in [2.75, 3.05) is 39.7 Å². The van der Waals surface area contributed by atoms with Crippen LogP contribution < -0.4 is 10.9 Å². The number of thioether (sulfide) groups is 1. The lowest BCUT2D eigenvalue weighted by molar-refractivity contribution is -0.340. The number of carbonyl (C=O) groups is 1. The Hall–Kier alpha value is -2.03. The van der Waals surface area contributed by atoms with E-state index in [4.69, 9.17) is 37.6 Å². The Labute approximate surface area is 263 Å². The normalized spacial score (nSPS) is 33.4. The molecule has 1 aromatic carbocycles. The van der Waals surface area contributed by atoms with Gasteiger partial charge in [-0.15, -0.1) is 0 Å². The van der Waals surface area contributed by atoms with Crippen molar-refractivity contribution >= 4 is 44.8 Å². The van der Waals surface area contributed by atoms with Gasteiger partial charge in [-0.3, -0.25) is 0 Å². The number of benzene rings is 1. The van der Waals surface area contributed by atoms with Gasteiger partial charge in [0.05, 0.1) is 11.1 Å². The number of phenols is 1. The average Bonchev–Trinajstić information content (AvgIpc) is 3.30. The number of phenolic OH excluding ortho intramolecular Hbond substituents is 1. The van der Waals surface area contributed by atoms with Gasteiger partial charge in [0.25, 0.3) is 0 Å². The molecule has 44 heavy (non-hydrogen) atoms. The number of fused-ring (bicyclic) bond motifs is 3. The van der Waals surface area contributed by atoms with Crippen LogP contribution in [0.2, 0.25) is 0 Å².